The maximum absolute atomic E-state index is 12.1. The summed E-state index contributed by atoms with van der Waals surface area (Å²) in [6, 6.07) is 0. The van der Waals surface area contributed by atoms with E-state index in [2.05, 4.69) is 4.90 Å². The molecular weight excluding hydrogens is 202 g/mol. The Kier molecular flexibility index (Phi) is 2.30. The molecule has 0 radical (unpaired) electrons. The van der Waals surface area contributed by atoms with Crippen LogP contribution in [-0.2, 0) is 9.59 Å². The maximum Gasteiger partial charge on any atom is 0.223 e. The number of hydrogen-bond donors (Lipinski definition) is 0. The van der Waals surface area contributed by atoms with Gasteiger partial charge in [-0.3, -0.25) is 9.59 Å². The van der Waals surface area contributed by atoms with E-state index in [0.29, 0.717) is 30.4 Å². The predicted molar refractivity (Wildman–Crippen MR) is 59.9 cm³/mol. The van der Waals surface area contributed by atoms with E-state index in [9.17, 15) is 9.59 Å². The minimum atomic E-state index is 0.0848. The molecule has 0 aromatic carbocycles. The second kappa shape index (κ2) is 3.57. The first-order valence-corrected chi connectivity index (χ1v) is 6.54. The Bertz CT molecular complexity index is 339. The minimum Gasteiger partial charge on any atom is -0.337 e. The molecule has 0 bridgehead atoms. The van der Waals surface area contributed by atoms with E-state index in [1.54, 1.807) is 0 Å². The van der Waals surface area contributed by atoms with E-state index >= 15 is 0 Å². The average molecular weight is 221 g/mol. The summed E-state index contributed by atoms with van der Waals surface area (Å²) in [5.41, 5.74) is 0.0848. The van der Waals surface area contributed by atoms with Gasteiger partial charge < -0.3 is 4.90 Å². The molecule has 16 heavy (non-hydrogen) atoms. The smallest absolute Gasteiger partial charge is 0.223 e. The Morgan fingerprint density at radius 3 is 2.88 bits per heavy atom. The zero-order chi connectivity index (χ0) is 11.2. The summed E-state index contributed by atoms with van der Waals surface area (Å²) in [6.45, 7) is 0.934. The number of carbonyl (C=O) groups excluding carboxylic acids is 2. The van der Waals surface area contributed by atoms with E-state index in [1.807, 2.05) is 0 Å². The number of amides is 1. The lowest BCUT2D eigenvalue weighted by Gasteiger charge is -2.45. The molecule has 2 aliphatic heterocycles. The Labute approximate surface area is 96.2 Å². The van der Waals surface area contributed by atoms with Gasteiger partial charge in [0.2, 0.25) is 5.91 Å². The third kappa shape index (κ3) is 1.33. The van der Waals surface area contributed by atoms with Crippen molar-refractivity contribution < 1.29 is 9.59 Å². The van der Waals surface area contributed by atoms with Crippen LogP contribution in [0.25, 0.3) is 0 Å². The highest BCUT2D eigenvalue weighted by atomic mass is 16.2. The first-order chi connectivity index (χ1) is 7.72. The molecule has 3 fully saturated rings. The molecular formula is C13H19NO2. The van der Waals surface area contributed by atoms with Crippen LogP contribution in [-0.4, -0.2) is 28.7 Å². The highest BCUT2D eigenvalue weighted by Gasteiger charge is 2.52. The molecule has 3 heteroatoms. The van der Waals surface area contributed by atoms with Gasteiger partial charge in [0.1, 0.15) is 5.78 Å². The van der Waals surface area contributed by atoms with Crippen LogP contribution in [0.4, 0.5) is 0 Å². The number of rotatable bonds is 0. The highest BCUT2D eigenvalue weighted by molar-refractivity contribution is 5.82. The first-order valence-electron chi connectivity index (χ1n) is 6.54. The fourth-order valence-electron chi connectivity index (χ4n) is 4.09. The molecule has 2 heterocycles. The number of carbonyl (C=O) groups is 2. The standard InChI is InChI=1S/C13H19NO2/c15-11-5-7-13-6-2-8-14(13)12(16)4-1-3-10(13)9-11/h10H,1-9H2/t10?,13-/m1/s1. The number of nitrogens with zero attached hydrogens (tertiary/aromatic N) is 1. The number of Topliss-reactive ketones (excluding diaryl/α,β-unsaturated/α-hetero) is 1. The van der Waals surface area contributed by atoms with Gasteiger partial charge in [-0.25, -0.2) is 0 Å². The quantitative estimate of drug-likeness (QED) is 0.626. The summed E-state index contributed by atoms with van der Waals surface area (Å²) in [6.07, 6.45) is 7.38. The zero-order valence-electron chi connectivity index (χ0n) is 9.71. The first kappa shape index (κ1) is 10.3. The number of ketones is 1. The van der Waals surface area contributed by atoms with Crippen molar-refractivity contribution in [3.8, 4) is 0 Å². The van der Waals surface area contributed by atoms with Gasteiger partial charge in [-0.15, -0.1) is 0 Å². The monoisotopic (exact) mass is 221 g/mol. The lowest BCUT2D eigenvalue weighted by atomic mass is 9.69. The van der Waals surface area contributed by atoms with E-state index in [-0.39, 0.29) is 5.54 Å². The Hall–Kier alpha value is -0.860. The lowest BCUT2D eigenvalue weighted by molar-refractivity contribution is -0.140. The summed E-state index contributed by atoms with van der Waals surface area (Å²) in [5, 5.41) is 0. The lowest BCUT2D eigenvalue weighted by Crippen LogP contribution is -2.53. The second-order valence-corrected chi connectivity index (χ2v) is 5.58. The SMILES string of the molecule is O=C1CC[C@@]23CCCN2C(=O)CCCC3C1. The van der Waals surface area contributed by atoms with Crippen LogP contribution >= 0.6 is 0 Å². The van der Waals surface area contributed by atoms with Crippen molar-refractivity contribution in [2.45, 2.75) is 56.9 Å². The predicted octanol–water partition coefficient (Wildman–Crippen LogP) is 1.90. The molecule has 2 atom stereocenters. The second-order valence-electron chi connectivity index (χ2n) is 5.58. The molecule has 0 N–H and O–H groups in total. The van der Waals surface area contributed by atoms with E-state index in [0.717, 1.165) is 45.1 Å². The van der Waals surface area contributed by atoms with Crippen molar-refractivity contribution in [2.24, 2.45) is 5.92 Å². The van der Waals surface area contributed by atoms with Crippen molar-refractivity contribution in [2.75, 3.05) is 6.54 Å². The summed E-state index contributed by atoms with van der Waals surface area (Å²) in [4.78, 5) is 25.8. The third-order valence-corrected chi connectivity index (χ3v) is 4.84. The van der Waals surface area contributed by atoms with Crippen LogP contribution < -0.4 is 0 Å². The molecule has 3 rings (SSSR count). The number of hydrogen-bond acceptors (Lipinski definition) is 2. The van der Waals surface area contributed by atoms with Gasteiger partial charge in [-0.05, 0) is 38.0 Å². The Morgan fingerprint density at radius 2 is 2.00 bits per heavy atom. The molecule has 1 spiro atoms. The molecule has 1 aliphatic carbocycles. The molecule has 2 saturated heterocycles. The van der Waals surface area contributed by atoms with Gasteiger partial charge in [-0.2, -0.15) is 0 Å². The van der Waals surface area contributed by atoms with Crippen LogP contribution in [0.1, 0.15) is 51.4 Å². The van der Waals surface area contributed by atoms with E-state index in [4.69, 9.17) is 0 Å². The van der Waals surface area contributed by atoms with Crippen LogP contribution in [0.15, 0.2) is 0 Å². The Morgan fingerprint density at radius 1 is 1.12 bits per heavy atom. The minimum absolute atomic E-state index is 0.0848. The fourth-order valence-corrected chi connectivity index (χ4v) is 4.09. The highest BCUT2D eigenvalue weighted by Crippen LogP contribution is 2.48. The van der Waals surface area contributed by atoms with Gasteiger partial charge in [0.25, 0.3) is 0 Å². The maximum atomic E-state index is 12.1. The molecule has 0 aromatic heterocycles. The van der Waals surface area contributed by atoms with E-state index < -0.39 is 0 Å². The molecule has 3 aliphatic rings. The Balaban J connectivity index is 1.96. The molecule has 0 aromatic rings. The van der Waals surface area contributed by atoms with Crippen molar-refractivity contribution in [3.63, 3.8) is 0 Å². The normalized spacial score (nSPS) is 39.2. The van der Waals surface area contributed by atoms with Crippen molar-refractivity contribution in [1.82, 2.24) is 4.90 Å². The van der Waals surface area contributed by atoms with Crippen LogP contribution in [0.2, 0.25) is 0 Å². The average Bonchev–Trinajstić information content (AvgIpc) is 2.63. The van der Waals surface area contributed by atoms with Gasteiger partial charge in [-0.1, -0.05) is 0 Å². The topological polar surface area (TPSA) is 37.4 Å². The van der Waals surface area contributed by atoms with Crippen LogP contribution in [0, 0.1) is 5.92 Å². The van der Waals surface area contributed by atoms with Gasteiger partial charge in [0.15, 0.2) is 0 Å². The third-order valence-electron chi connectivity index (χ3n) is 4.84. The summed E-state index contributed by atoms with van der Waals surface area (Å²) in [5.74, 6) is 1.22. The molecule has 1 unspecified atom stereocenters. The van der Waals surface area contributed by atoms with Gasteiger partial charge in [0, 0.05) is 31.3 Å². The molecule has 1 saturated carbocycles. The van der Waals surface area contributed by atoms with Crippen LogP contribution in [0.3, 0.4) is 0 Å². The van der Waals surface area contributed by atoms with Gasteiger partial charge >= 0.3 is 0 Å². The summed E-state index contributed by atoms with van der Waals surface area (Å²) < 4.78 is 0. The molecule has 3 nitrogen and oxygen atoms in total. The van der Waals surface area contributed by atoms with Crippen molar-refractivity contribution in [1.29, 1.82) is 0 Å². The zero-order valence-corrected chi connectivity index (χ0v) is 9.71. The molecule has 1 amide bonds. The van der Waals surface area contributed by atoms with Crippen LogP contribution in [0.5, 0.6) is 0 Å². The summed E-state index contributed by atoms with van der Waals surface area (Å²) in [7, 11) is 0. The van der Waals surface area contributed by atoms with Gasteiger partial charge in [0.05, 0.1) is 0 Å². The fraction of sp³-hybridized carbons (Fsp3) is 0.846. The van der Waals surface area contributed by atoms with E-state index in [1.165, 1.54) is 0 Å². The van der Waals surface area contributed by atoms with Crippen molar-refractivity contribution >= 4 is 11.7 Å². The molecule has 88 valence electrons. The van der Waals surface area contributed by atoms with Crippen molar-refractivity contribution in [3.05, 3.63) is 0 Å². The largest absolute Gasteiger partial charge is 0.337 e. The summed E-state index contributed by atoms with van der Waals surface area (Å²) >= 11 is 0.